The van der Waals surface area contributed by atoms with Crippen molar-refractivity contribution in [2.45, 2.75) is 33.4 Å². The highest BCUT2D eigenvalue weighted by atomic mass is 15.2. The highest BCUT2D eigenvalue weighted by Crippen LogP contribution is 2.22. The zero-order chi connectivity index (χ0) is 13.8. The standard InChI is InChI=1S/C16H23N3/c1-5-19(4)16-14(11-17-12(2)3)10-13-8-6-7-9-15(13)18-16/h6-10,12,17H,5,11H2,1-4H3. The number of rotatable bonds is 5. The summed E-state index contributed by atoms with van der Waals surface area (Å²) >= 11 is 0. The van der Waals surface area contributed by atoms with Gasteiger partial charge in [0, 0.05) is 37.1 Å². The third-order valence-electron chi connectivity index (χ3n) is 3.32. The second kappa shape index (κ2) is 6.02. The monoisotopic (exact) mass is 257 g/mol. The molecule has 0 saturated carbocycles. The van der Waals surface area contributed by atoms with E-state index in [2.05, 4.69) is 62.3 Å². The summed E-state index contributed by atoms with van der Waals surface area (Å²) < 4.78 is 0. The van der Waals surface area contributed by atoms with Crippen LogP contribution in [-0.4, -0.2) is 24.6 Å². The Morgan fingerprint density at radius 3 is 2.68 bits per heavy atom. The van der Waals surface area contributed by atoms with Gasteiger partial charge in [-0.15, -0.1) is 0 Å². The van der Waals surface area contributed by atoms with E-state index in [0.29, 0.717) is 6.04 Å². The van der Waals surface area contributed by atoms with Crippen molar-refractivity contribution in [3.63, 3.8) is 0 Å². The summed E-state index contributed by atoms with van der Waals surface area (Å²) in [5.74, 6) is 1.08. The number of pyridine rings is 1. The van der Waals surface area contributed by atoms with Crippen LogP contribution in [0.4, 0.5) is 5.82 Å². The minimum atomic E-state index is 0.478. The maximum atomic E-state index is 4.81. The van der Waals surface area contributed by atoms with Crippen LogP contribution in [0.3, 0.4) is 0 Å². The fourth-order valence-corrected chi connectivity index (χ4v) is 2.07. The van der Waals surface area contributed by atoms with Crippen molar-refractivity contribution in [2.75, 3.05) is 18.5 Å². The first kappa shape index (κ1) is 13.8. The van der Waals surface area contributed by atoms with Gasteiger partial charge in [-0.1, -0.05) is 32.0 Å². The van der Waals surface area contributed by atoms with Gasteiger partial charge in [-0.05, 0) is 19.1 Å². The van der Waals surface area contributed by atoms with E-state index < -0.39 is 0 Å². The molecule has 2 aromatic rings. The van der Waals surface area contributed by atoms with Gasteiger partial charge in [-0.2, -0.15) is 0 Å². The molecule has 1 heterocycles. The summed E-state index contributed by atoms with van der Waals surface area (Å²) in [6.45, 7) is 8.29. The summed E-state index contributed by atoms with van der Waals surface area (Å²) in [5.41, 5.74) is 2.32. The minimum Gasteiger partial charge on any atom is -0.360 e. The molecule has 0 aliphatic carbocycles. The second-order valence-corrected chi connectivity index (χ2v) is 5.21. The summed E-state index contributed by atoms with van der Waals surface area (Å²) in [7, 11) is 2.09. The van der Waals surface area contributed by atoms with Gasteiger partial charge in [0.05, 0.1) is 5.52 Å². The molecule has 0 amide bonds. The van der Waals surface area contributed by atoms with Crippen LogP contribution in [0.1, 0.15) is 26.3 Å². The molecular weight excluding hydrogens is 234 g/mol. The van der Waals surface area contributed by atoms with Gasteiger partial charge < -0.3 is 10.2 Å². The Morgan fingerprint density at radius 2 is 2.00 bits per heavy atom. The van der Waals surface area contributed by atoms with Crippen LogP contribution in [0.5, 0.6) is 0 Å². The van der Waals surface area contributed by atoms with Crippen LogP contribution in [-0.2, 0) is 6.54 Å². The van der Waals surface area contributed by atoms with Crippen molar-refractivity contribution in [3.8, 4) is 0 Å². The van der Waals surface area contributed by atoms with Crippen LogP contribution in [0.15, 0.2) is 30.3 Å². The maximum absolute atomic E-state index is 4.81. The molecule has 1 aromatic carbocycles. The molecule has 0 aliphatic rings. The van der Waals surface area contributed by atoms with E-state index in [0.717, 1.165) is 24.4 Å². The minimum absolute atomic E-state index is 0.478. The molecule has 19 heavy (non-hydrogen) atoms. The molecule has 2 rings (SSSR count). The van der Waals surface area contributed by atoms with Crippen molar-refractivity contribution in [1.82, 2.24) is 10.3 Å². The SMILES string of the molecule is CCN(C)c1nc2ccccc2cc1CNC(C)C. The predicted molar refractivity (Wildman–Crippen MR) is 82.7 cm³/mol. The maximum Gasteiger partial charge on any atom is 0.133 e. The Hall–Kier alpha value is -1.61. The van der Waals surface area contributed by atoms with Crippen molar-refractivity contribution >= 4 is 16.7 Å². The zero-order valence-corrected chi connectivity index (χ0v) is 12.3. The summed E-state index contributed by atoms with van der Waals surface area (Å²) in [6, 6.07) is 11.0. The van der Waals surface area contributed by atoms with Gasteiger partial charge in [0.25, 0.3) is 0 Å². The lowest BCUT2D eigenvalue weighted by atomic mass is 10.1. The lowest BCUT2D eigenvalue weighted by Crippen LogP contribution is -2.25. The van der Waals surface area contributed by atoms with Crippen LogP contribution in [0.25, 0.3) is 10.9 Å². The molecule has 0 atom stereocenters. The second-order valence-electron chi connectivity index (χ2n) is 5.21. The third kappa shape index (κ3) is 3.24. The van der Waals surface area contributed by atoms with E-state index in [4.69, 9.17) is 4.98 Å². The summed E-state index contributed by atoms with van der Waals surface area (Å²) in [4.78, 5) is 7.01. The zero-order valence-electron chi connectivity index (χ0n) is 12.3. The Kier molecular flexibility index (Phi) is 4.38. The largest absolute Gasteiger partial charge is 0.360 e. The van der Waals surface area contributed by atoms with Crippen LogP contribution < -0.4 is 10.2 Å². The molecule has 0 fully saturated rings. The molecule has 0 radical (unpaired) electrons. The number of anilines is 1. The average Bonchev–Trinajstić information content (AvgIpc) is 2.43. The number of para-hydroxylation sites is 1. The molecule has 0 bridgehead atoms. The van der Waals surface area contributed by atoms with E-state index in [1.165, 1.54) is 10.9 Å². The first-order chi connectivity index (χ1) is 9.11. The highest BCUT2D eigenvalue weighted by Gasteiger charge is 2.10. The molecule has 1 N–H and O–H groups in total. The van der Waals surface area contributed by atoms with Gasteiger partial charge in [-0.3, -0.25) is 0 Å². The topological polar surface area (TPSA) is 28.2 Å². The Labute approximate surface area is 115 Å². The smallest absolute Gasteiger partial charge is 0.133 e. The number of fused-ring (bicyclic) bond motifs is 1. The predicted octanol–water partition coefficient (Wildman–Crippen LogP) is 3.19. The van der Waals surface area contributed by atoms with E-state index in [1.807, 2.05) is 6.07 Å². The highest BCUT2D eigenvalue weighted by molar-refractivity contribution is 5.81. The van der Waals surface area contributed by atoms with E-state index >= 15 is 0 Å². The molecule has 0 spiro atoms. The van der Waals surface area contributed by atoms with Gasteiger partial charge in [0.1, 0.15) is 5.82 Å². The van der Waals surface area contributed by atoms with Crippen molar-refractivity contribution in [3.05, 3.63) is 35.9 Å². The van der Waals surface area contributed by atoms with Gasteiger partial charge in [0.2, 0.25) is 0 Å². The van der Waals surface area contributed by atoms with E-state index in [1.54, 1.807) is 0 Å². The van der Waals surface area contributed by atoms with Crippen molar-refractivity contribution < 1.29 is 0 Å². The van der Waals surface area contributed by atoms with Crippen LogP contribution in [0, 0.1) is 0 Å². The normalized spacial score (nSPS) is 11.2. The Balaban J connectivity index is 2.44. The van der Waals surface area contributed by atoms with Gasteiger partial charge >= 0.3 is 0 Å². The fraction of sp³-hybridized carbons (Fsp3) is 0.438. The van der Waals surface area contributed by atoms with Crippen molar-refractivity contribution in [2.24, 2.45) is 0 Å². The van der Waals surface area contributed by atoms with Crippen LogP contribution >= 0.6 is 0 Å². The van der Waals surface area contributed by atoms with E-state index in [-0.39, 0.29) is 0 Å². The molecule has 102 valence electrons. The van der Waals surface area contributed by atoms with E-state index in [9.17, 15) is 0 Å². The third-order valence-corrected chi connectivity index (χ3v) is 3.32. The quantitative estimate of drug-likeness (QED) is 0.891. The molecular formula is C16H23N3. The Bertz CT molecular complexity index is 549. The molecule has 0 aliphatic heterocycles. The lowest BCUT2D eigenvalue weighted by molar-refractivity contribution is 0.588. The summed E-state index contributed by atoms with van der Waals surface area (Å²) in [5, 5.41) is 4.68. The van der Waals surface area contributed by atoms with Crippen LogP contribution in [0.2, 0.25) is 0 Å². The number of aromatic nitrogens is 1. The summed E-state index contributed by atoms with van der Waals surface area (Å²) in [6.07, 6.45) is 0. The first-order valence-electron chi connectivity index (χ1n) is 6.95. The lowest BCUT2D eigenvalue weighted by Gasteiger charge is -2.21. The van der Waals surface area contributed by atoms with Crippen molar-refractivity contribution in [1.29, 1.82) is 0 Å². The molecule has 3 nitrogen and oxygen atoms in total. The average molecular weight is 257 g/mol. The first-order valence-corrected chi connectivity index (χ1v) is 6.95. The molecule has 3 heteroatoms. The molecule has 1 aromatic heterocycles. The fourth-order valence-electron chi connectivity index (χ4n) is 2.07. The number of hydrogen-bond donors (Lipinski definition) is 1. The number of hydrogen-bond acceptors (Lipinski definition) is 3. The Morgan fingerprint density at radius 1 is 1.26 bits per heavy atom. The number of benzene rings is 1. The number of nitrogens with zero attached hydrogens (tertiary/aromatic N) is 2. The molecule has 0 saturated heterocycles. The van der Waals surface area contributed by atoms with Gasteiger partial charge in [-0.25, -0.2) is 4.98 Å². The van der Waals surface area contributed by atoms with Gasteiger partial charge in [0.15, 0.2) is 0 Å². The number of nitrogens with one attached hydrogen (secondary N) is 1. The molecule has 0 unspecified atom stereocenters.